The van der Waals surface area contributed by atoms with Gasteiger partial charge in [0, 0.05) is 24.6 Å². The predicted molar refractivity (Wildman–Crippen MR) is 105 cm³/mol. The first-order valence-electron chi connectivity index (χ1n) is 9.58. The summed E-state index contributed by atoms with van der Waals surface area (Å²) in [6.07, 6.45) is 1.51. The van der Waals surface area contributed by atoms with Crippen LogP contribution in [0.3, 0.4) is 0 Å². The van der Waals surface area contributed by atoms with Gasteiger partial charge in [0.25, 0.3) is 0 Å². The van der Waals surface area contributed by atoms with Crippen LogP contribution in [0.1, 0.15) is 29.9 Å². The van der Waals surface area contributed by atoms with Crippen LogP contribution in [0.4, 0.5) is 6.01 Å². The van der Waals surface area contributed by atoms with Gasteiger partial charge in [0.1, 0.15) is 11.5 Å². The fourth-order valence-electron chi connectivity index (χ4n) is 3.51. The molecule has 0 atom stereocenters. The number of nitrogens with zero attached hydrogens (tertiary/aromatic N) is 3. The molecule has 0 radical (unpaired) electrons. The SMILES string of the molecule is Cc1ccc(CNC(=O)C2CCN(c3nc(-c4ccccc4C)no3)CC2)o1. The van der Waals surface area contributed by atoms with Crippen LogP contribution in [0, 0.1) is 19.8 Å². The molecule has 4 rings (SSSR count). The van der Waals surface area contributed by atoms with E-state index in [2.05, 4.69) is 20.4 Å². The number of nitrogens with one attached hydrogen (secondary N) is 1. The number of hydrogen-bond acceptors (Lipinski definition) is 6. The van der Waals surface area contributed by atoms with Gasteiger partial charge in [0.2, 0.25) is 11.7 Å². The van der Waals surface area contributed by atoms with Gasteiger partial charge in [0.15, 0.2) is 0 Å². The van der Waals surface area contributed by atoms with E-state index in [0.717, 1.165) is 35.5 Å². The lowest BCUT2D eigenvalue weighted by Gasteiger charge is -2.29. The van der Waals surface area contributed by atoms with E-state index in [1.54, 1.807) is 0 Å². The van der Waals surface area contributed by atoms with Gasteiger partial charge in [-0.1, -0.05) is 29.4 Å². The van der Waals surface area contributed by atoms with Crippen molar-refractivity contribution in [1.82, 2.24) is 15.5 Å². The molecule has 1 saturated heterocycles. The average molecular weight is 380 g/mol. The summed E-state index contributed by atoms with van der Waals surface area (Å²) < 4.78 is 11.0. The minimum Gasteiger partial charge on any atom is -0.465 e. The van der Waals surface area contributed by atoms with E-state index in [0.29, 0.717) is 31.5 Å². The zero-order valence-corrected chi connectivity index (χ0v) is 16.1. The fraction of sp³-hybridized carbons (Fsp3) is 0.381. The lowest BCUT2D eigenvalue weighted by Crippen LogP contribution is -2.40. The first kappa shape index (κ1) is 18.3. The highest BCUT2D eigenvalue weighted by molar-refractivity contribution is 5.78. The van der Waals surface area contributed by atoms with E-state index >= 15 is 0 Å². The normalized spacial score (nSPS) is 15.0. The highest BCUT2D eigenvalue weighted by atomic mass is 16.5. The van der Waals surface area contributed by atoms with Crippen LogP contribution < -0.4 is 10.2 Å². The van der Waals surface area contributed by atoms with Crippen molar-refractivity contribution in [2.75, 3.05) is 18.0 Å². The smallest absolute Gasteiger partial charge is 0.324 e. The summed E-state index contributed by atoms with van der Waals surface area (Å²) >= 11 is 0. The number of carbonyl (C=O) groups is 1. The van der Waals surface area contributed by atoms with E-state index in [1.807, 2.05) is 50.2 Å². The Morgan fingerprint density at radius 3 is 2.68 bits per heavy atom. The van der Waals surface area contributed by atoms with Crippen molar-refractivity contribution >= 4 is 11.9 Å². The number of piperidine rings is 1. The summed E-state index contributed by atoms with van der Waals surface area (Å²) in [5.74, 6) is 2.28. The molecule has 1 aromatic carbocycles. The Hall–Kier alpha value is -3.09. The van der Waals surface area contributed by atoms with Gasteiger partial charge in [-0.25, -0.2) is 0 Å². The third-order valence-corrected chi connectivity index (χ3v) is 5.17. The van der Waals surface area contributed by atoms with E-state index in [4.69, 9.17) is 8.94 Å². The Morgan fingerprint density at radius 1 is 1.18 bits per heavy atom. The van der Waals surface area contributed by atoms with Crippen LogP contribution in [0.2, 0.25) is 0 Å². The molecule has 1 aliphatic rings. The van der Waals surface area contributed by atoms with E-state index < -0.39 is 0 Å². The third kappa shape index (κ3) is 3.93. The molecule has 7 heteroatoms. The summed E-state index contributed by atoms with van der Waals surface area (Å²) in [6, 6.07) is 12.3. The minimum absolute atomic E-state index is 0.00827. The molecular formula is C21H24N4O3. The van der Waals surface area contributed by atoms with Crippen molar-refractivity contribution in [3.63, 3.8) is 0 Å². The molecule has 0 unspecified atom stereocenters. The van der Waals surface area contributed by atoms with Crippen molar-refractivity contribution in [1.29, 1.82) is 0 Å². The van der Waals surface area contributed by atoms with Gasteiger partial charge >= 0.3 is 6.01 Å². The number of hydrogen-bond donors (Lipinski definition) is 1. The molecule has 2 aromatic heterocycles. The standard InChI is InChI=1S/C21H24N4O3/c1-14-5-3-4-6-18(14)19-23-21(28-24-19)25-11-9-16(10-12-25)20(26)22-13-17-8-7-15(2)27-17/h3-8,16H,9-13H2,1-2H3,(H,22,26). The maximum absolute atomic E-state index is 12.4. The minimum atomic E-state index is -0.00827. The van der Waals surface area contributed by atoms with Crippen molar-refractivity contribution in [3.05, 3.63) is 53.5 Å². The first-order chi connectivity index (χ1) is 13.6. The van der Waals surface area contributed by atoms with Crippen molar-refractivity contribution in [3.8, 4) is 11.4 Å². The first-order valence-corrected chi connectivity index (χ1v) is 9.58. The Morgan fingerprint density at radius 2 is 1.96 bits per heavy atom. The number of anilines is 1. The molecule has 3 aromatic rings. The molecule has 1 fully saturated rings. The van der Waals surface area contributed by atoms with E-state index in [-0.39, 0.29) is 11.8 Å². The van der Waals surface area contributed by atoms with Crippen LogP contribution in [-0.4, -0.2) is 29.1 Å². The number of amides is 1. The van der Waals surface area contributed by atoms with Gasteiger partial charge in [-0.05, 0) is 44.4 Å². The summed E-state index contributed by atoms with van der Waals surface area (Å²) in [7, 11) is 0. The molecule has 146 valence electrons. The molecule has 3 heterocycles. The highest BCUT2D eigenvalue weighted by Gasteiger charge is 2.27. The summed E-state index contributed by atoms with van der Waals surface area (Å²) in [5.41, 5.74) is 2.08. The van der Waals surface area contributed by atoms with Crippen LogP contribution in [0.5, 0.6) is 0 Å². The molecule has 1 N–H and O–H groups in total. The molecule has 1 aliphatic heterocycles. The number of aryl methyl sites for hydroxylation is 2. The van der Waals surface area contributed by atoms with Crippen molar-refractivity contribution in [2.45, 2.75) is 33.2 Å². The molecule has 0 saturated carbocycles. The maximum atomic E-state index is 12.4. The van der Waals surface area contributed by atoms with Gasteiger partial charge < -0.3 is 19.2 Å². The third-order valence-electron chi connectivity index (χ3n) is 5.17. The molecule has 0 bridgehead atoms. The Kier molecular flexibility index (Phi) is 5.14. The zero-order valence-electron chi connectivity index (χ0n) is 16.1. The summed E-state index contributed by atoms with van der Waals surface area (Å²) in [4.78, 5) is 19.0. The fourth-order valence-corrected chi connectivity index (χ4v) is 3.51. The van der Waals surface area contributed by atoms with Gasteiger partial charge in [-0.3, -0.25) is 4.79 Å². The second-order valence-electron chi connectivity index (χ2n) is 7.21. The molecule has 1 amide bonds. The summed E-state index contributed by atoms with van der Waals surface area (Å²) in [5, 5.41) is 7.09. The largest absolute Gasteiger partial charge is 0.465 e. The quantitative estimate of drug-likeness (QED) is 0.729. The Bertz CT molecular complexity index is 954. The number of aromatic nitrogens is 2. The Labute approximate surface area is 163 Å². The van der Waals surface area contributed by atoms with Crippen LogP contribution in [0.25, 0.3) is 11.4 Å². The summed E-state index contributed by atoms with van der Waals surface area (Å²) in [6.45, 7) is 5.78. The topological polar surface area (TPSA) is 84.4 Å². The predicted octanol–water partition coefficient (Wildman–Crippen LogP) is 3.48. The van der Waals surface area contributed by atoms with Crippen LogP contribution in [-0.2, 0) is 11.3 Å². The molecule has 0 spiro atoms. The van der Waals surface area contributed by atoms with E-state index in [9.17, 15) is 4.79 Å². The molecular weight excluding hydrogens is 356 g/mol. The lowest BCUT2D eigenvalue weighted by molar-refractivity contribution is -0.125. The highest BCUT2D eigenvalue weighted by Crippen LogP contribution is 2.26. The second-order valence-corrected chi connectivity index (χ2v) is 7.21. The van der Waals surface area contributed by atoms with Crippen LogP contribution >= 0.6 is 0 Å². The molecule has 0 aliphatic carbocycles. The number of carbonyl (C=O) groups excluding carboxylic acids is 1. The van der Waals surface area contributed by atoms with Gasteiger partial charge in [-0.15, -0.1) is 0 Å². The van der Waals surface area contributed by atoms with Gasteiger partial charge in [0.05, 0.1) is 6.54 Å². The molecule has 28 heavy (non-hydrogen) atoms. The van der Waals surface area contributed by atoms with Crippen LogP contribution in [0.15, 0.2) is 45.3 Å². The maximum Gasteiger partial charge on any atom is 0.324 e. The van der Waals surface area contributed by atoms with Crippen molar-refractivity contribution in [2.24, 2.45) is 5.92 Å². The number of furan rings is 1. The Balaban J connectivity index is 1.32. The average Bonchev–Trinajstić information content (AvgIpc) is 3.36. The second kappa shape index (κ2) is 7.88. The van der Waals surface area contributed by atoms with Crippen molar-refractivity contribution < 1.29 is 13.7 Å². The number of benzene rings is 1. The lowest BCUT2D eigenvalue weighted by atomic mass is 9.96. The number of rotatable bonds is 5. The van der Waals surface area contributed by atoms with E-state index in [1.165, 1.54) is 0 Å². The zero-order chi connectivity index (χ0) is 19.5. The monoisotopic (exact) mass is 380 g/mol. The molecule has 7 nitrogen and oxygen atoms in total. The van der Waals surface area contributed by atoms with Gasteiger partial charge in [-0.2, -0.15) is 4.98 Å².